The number of aromatic nitrogens is 3. The van der Waals surface area contributed by atoms with Crippen LogP contribution in [0, 0.1) is 12.8 Å². The van der Waals surface area contributed by atoms with Crippen LogP contribution < -0.4 is 10.2 Å². The average molecular weight is 349 g/mol. The van der Waals surface area contributed by atoms with E-state index in [1.807, 2.05) is 60.2 Å². The van der Waals surface area contributed by atoms with Gasteiger partial charge in [0.05, 0.1) is 11.3 Å². The van der Waals surface area contributed by atoms with Gasteiger partial charge in [0.15, 0.2) is 0 Å². The summed E-state index contributed by atoms with van der Waals surface area (Å²) in [5.74, 6) is 1.42. The van der Waals surface area contributed by atoms with Gasteiger partial charge in [-0.05, 0) is 49.9 Å². The summed E-state index contributed by atoms with van der Waals surface area (Å²) in [5, 5.41) is 3.09. The minimum Gasteiger partial charge on any atom is -0.356 e. The van der Waals surface area contributed by atoms with Gasteiger partial charge in [-0.1, -0.05) is 6.07 Å². The number of nitrogens with one attached hydrogen (secondary N) is 1. The highest BCUT2D eigenvalue weighted by molar-refractivity contribution is 5.94. The van der Waals surface area contributed by atoms with Crippen molar-refractivity contribution in [3.8, 4) is 0 Å². The molecule has 6 nitrogen and oxygen atoms in total. The number of piperidine rings is 1. The van der Waals surface area contributed by atoms with Gasteiger partial charge in [0.1, 0.15) is 11.5 Å². The van der Waals surface area contributed by atoms with E-state index in [1.54, 1.807) is 0 Å². The van der Waals surface area contributed by atoms with Crippen LogP contribution >= 0.6 is 0 Å². The zero-order valence-electron chi connectivity index (χ0n) is 14.9. The van der Waals surface area contributed by atoms with Crippen LogP contribution in [-0.4, -0.2) is 39.9 Å². The Hall–Kier alpha value is -2.89. The van der Waals surface area contributed by atoms with Crippen molar-refractivity contribution >= 4 is 17.4 Å². The van der Waals surface area contributed by atoms with Crippen molar-refractivity contribution in [3.05, 3.63) is 60.2 Å². The van der Waals surface area contributed by atoms with Crippen molar-refractivity contribution < 1.29 is 4.79 Å². The molecule has 3 aromatic heterocycles. The second-order valence-electron chi connectivity index (χ2n) is 6.92. The van der Waals surface area contributed by atoms with Crippen LogP contribution in [0.4, 0.5) is 5.82 Å². The smallest absolute Gasteiger partial charge is 0.252 e. The first-order chi connectivity index (χ1) is 12.7. The van der Waals surface area contributed by atoms with Crippen molar-refractivity contribution in [3.63, 3.8) is 0 Å². The zero-order valence-corrected chi connectivity index (χ0v) is 14.9. The number of pyridine rings is 2. The molecule has 0 aromatic carbocycles. The molecule has 1 fully saturated rings. The summed E-state index contributed by atoms with van der Waals surface area (Å²) in [4.78, 5) is 23.7. The monoisotopic (exact) mass is 349 g/mol. The number of imidazole rings is 1. The van der Waals surface area contributed by atoms with Crippen molar-refractivity contribution in [2.45, 2.75) is 19.8 Å². The molecule has 1 N–H and O–H groups in total. The van der Waals surface area contributed by atoms with E-state index in [0.717, 1.165) is 43.1 Å². The first kappa shape index (κ1) is 16.6. The highest BCUT2D eigenvalue weighted by Crippen LogP contribution is 2.21. The molecule has 3 aromatic rings. The maximum Gasteiger partial charge on any atom is 0.252 e. The number of carbonyl (C=O) groups is 1. The van der Waals surface area contributed by atoms with Crippen molar-refractivity contribution in [1.29, 1.82) is 0 Å². The maximum absolute atomic E-state index is 12.5. The molecule has 4 heterocycles. The Bertz CT molecular complexity index is 905. The maximum atomic E-state index is 12.5. The van der Waals surface area contributed by atoms with Crippen molar-refractivity contribution in [2.24, 2.45) is 5.92 Å². The zero-order chi connectivity index (χ0) is 17.9. The highest BCUT2D eigenvalue weighted by Gasteiger charge is 2.21. The molecule has 1 saturated heterocycles. The van der Waals surface area contributed by atoms with Crippen LogP contribution in [-0.2, 0) is 0 Å². The van der Waals surface area contributed by atoms with Gasteiger partial charge < -0.3 is 14.6 Å². The van der Waals surface area contributed by atoms with Gasteiger partial charge >= 0.3 is 0 Å². The molecule has 0 radical (unpaired) electrons. The molecule has 0 saturated carbocycles. The number of rotatable bonds is 4. The number of fused-ring (bicyclic) bond motifs is 1. The molecule has 0 aliphatic carbocycles. The fourth-order valence-electron chi connectivity index (χ4n) is 3.57. The van der Waals surface area contributed by atoms with Crippen molar-refractivity contribution in [2.75, 3.05) is 24.5 Å². The third-order valence-corrected chi connectivity index (χ3v) is 4.88. The Balaban J connectivity index is 1.37. The van der Waals surface area contributed by atoms with Gasteiger partial charge in [0, 0.05) is 38.2 Å². The van der Waals surface area contributed by atoms with E-state index in [4.69, 9.17) is 0 Å². The van der Waals surface area contributed by atoms with E-state index >= 15 is 0 Å². The van der Waals surface area contributed by atoms with Crippen LogP contribution in [0.15, 0.2) is 48.9 Å². The van der Waals surface area contributed by atoms with Crippen molar-refractivity contribution in [1.82, 2.24) is 19.7 Å². The Morgan fingerprint density at radius 2 is 2.19 bits per heavy atom. The average Bonchev–Trinajstić information content (AvgIpc) is 3.06. The lowest BCUT2D eigenvalue weighted by Crippen LogP contribution is -2.41. The molecule has 1 atom stereocenters. The first-order valence-electron chi connectivity index (χ1n) is 9.08. The topological polar surface area (TPSA) is 62.5 Å². The lowest BCUT2D eigenvalue weighted by Gasteiger charge is -2.33. The van der Waals surface area contributed by atoms with Crippen LogP contribution in [0.2, 0.25) is 0 Å². The van der Waals surface area contributed by atoms with Gasteiger partial charge in [-0.3, -0.25) is 4.79 Å². The molecular formula is C20H23N5O. The highest BCUT2D eigenvalue weighted by atomic mass is 16.1. The summed E-state index contributed by atoms with van der Waals surface area (Å²) in [6.07, 6.45) is 7.85. The summed E-state index contributed by atoms with van der Waals surface area (Å²) in [7, 11) is 0. The minimum atomic E-state index is -0.0341. The Morgan fingerprint density at radius 1 is 1.27 bits per heavy atom. The number of nitrogens with zero attached hydrogens (tertiary/aromatic N) is 4. The van der Waals surface area contributed by atoms with E-state index in [1.165, 1.54) is 0 Å². The number of hydrogen-bond donors (Lipinski definition) is 1. The number of anilines is 1. The van der Waals surface area contributed by atoms with Crippen LogP contribution in [0.5, 0.6) is 0 Å². The van der Waals surface area contributed by atoms with Crippen LogP contribution in [0.1, 0.15) is 28.9 Å². The summed E-state index contributed by atoms with van der Waals surface area (Å²) >= 11 is 0. The second kappa shape index (κ2) is 7.15. The van der Waals surface area contributed by atoms with Gasteiger partial charge in [-0.25, -0.2) is 9.97 Å². The Morgan fingerprint density at radius 3 is 3.04 bits per heavy atom. The third-order valence-electron chi connectivity index (χ3n) is 4.88. The molecule has 1 amide bonds. The molecule has 1 aliphatic rings. The molecule has 0 bridgehead atoms. The quantitative estimate of drug-likeness (QED) is 0.787. The molecule has 6 heteroatoms. The fraction of sp³-hybridized carbons (Fsp3) is 0.350. The Labute approximate surface area is 152 Å². The first-order valence-corrected chi connectivity index (χ1v) is 9.08. The van der Waals surface area contributed by atoms with Gasteiger partial charge in [0.2, 0.25) is 0 Å². The Kier molecular flexibility index (Phi) is 4.56. The van der Waals surface area contributed by atoms with E-state index in [2.05, 4.69) is 20.2 Å². The van der Waals surface area contributed by atoms with Crippen LogP contribution in [0.25, 0.3) is 5.65 Å². The number of aryl methyl sites for hydroxylation is 1. The second-order valence-corrected chi connectivity index (χ2v) is 6.92. The van der Waals surface area contributed by atoms with Gasteiger partial charge in [-0.2, -0.15) is 0 Å². The summed E-state index contributed by atoms with van der Waals surface area (Å²) in [6.45, 7) is 4.58. The lowest BCUT2D eigenvalue weighted by molar-refractivity contribution is 0.0945. The van der Waals surface area contributed by atoms with E-state index in [-0.39, 0.29) is 5.91 Å². The third kappa shape index (κ3) is 3.54. The minimum absolute atomic E-state index is 0.0341. The van der Waals surface area contributed by atoms with E-state index in [9.17, 15) is 4.79 Å². The molecule has 0 spiro atoms. The van der Waals surface area contributed by atoms with Crippen LogP contribution in [0.3, 0.4) is 0 Å². The summed E-state index contributed by atoms with van der Waals surface area (Å²) < 4.78 is 1.90. The lowest BCUT2D eigenvalue weighted by atomic mass is 9.98. The SMILES string of the molecule is Cc1cn2cc(C(=O)NC[C@H]3CCCN(c4ccccn4)C3)ccc2n1. The number of hydrogen-bond acceptors (Lipinski definition) is 4. The molecule has 26 heavy (non-hydrogen) atoms. The predicted octanol–water partition coefficient (Wildman–Crippen LogP) is 2.68. The fourth-order valence-corrected chi connectivity index (χ4v) is 3.57. The predicted molar refractivity (Wildman–Crippen MR) is 101 cm³/mol. The standard InChI is InChI=1S/C20H23N5O/c1-15-12-25-14-17(7-8-19(25)23-15)20(26)22-11-16-5-4-10-24(13-16)18-6-2-3-9-21-18/h2-3,6-9,12,14,16H,4-5,10-11,13H2,1H3,(H,22,26)/t16-/m1/s1. The largest absolute Gasteiger partial charge is 0.356 e. The number of amides is 1. The molecule has 4 rings (SSSR count). The molecule has 1 aliphatic heterocycles. The normalized spacial score (nSPS) is 17.4. The van der Waals surface area contributed by atoms with Gasteiger partial charge in [0.25, 0.3) is 5.91 Å². The van der Waals surface area contributed by atoms with E-state index in [0.29, 0.717) is 18.0 Å². The molecule has 134 valence electrons. The summed E-state index contributed by atoms with van der Waals surface area (Å²) in [6, 6.07) is 9.71. The molecule has 0 unspecified atom stereocenters. The molecular weight excluding hydrogens is 326 g/mol. The number of carbonyl (C=O) groups excluding carboxylic acids is 1. The van der Waals surface area contributed by atoms with E-state index < -0.39 is 0 Å². The summed E-state index contributed by atoms with van der Waals surface area (Å²) in [5.41, 5.74) is 2.46. The van der Waals surface area contributed by atoms with Gasteiger partial charge in [-0.15, -0.1) is 0 Å².